The molecule has 0 N–H and O–H groups in total. The lowest BCUT2D eigenvalue weighted by atomic mass is 10.1. The summed E-state index contributed by atoms with van der Waals surface area (Å²) < 4.78 is 0. The summed E-state index contributed by atoms with van der Waals surface area (Å²) in [6, 6.07) is 2.67. The fourth-order valence-corrected chi connectivity index (χ4v) is 3.28. The van der Waals surface area contributed by atoms with Gasteiger partial charge in [0.1, 0.15) is 5.82 Å². The van der Waals surface area contributed by atoms with E-state index in [1.54, 1.807) is 12.4 Å². The van der Waals surface area contributed by atoms with Crippen molar-refractivity contribution in [3.63, 3.8) is 0 Å². The molecule has 2 aliphatic rings. The molecular weight excluding hydrogens is 276 g/mol. The van der Waals surface area contributed by atoms with Crippen LogP contribution in [0.25, 0.3) is 0 Å². The molecule has 1 fully saturated rings. The van der Waals surface area contributed by atoms with Crippen LogP contribution in [0, 0.1) is 6.92 Å². The molecule has 1 saturated heterocycles. The summed E-state index contributed by atoms with van der Waals surface area (Å²) in [5.74, 6) is 1.98. The lowest BCUT2D eigenvalue weighted by Gasteiger charge is -2.45. The second-order valence-electron chi connectivity index (χ2n) is 6.16. The van der Waals surface area contributed by atoms with Gasteiger partial charge in [-0.25, -0.2) is 4.98 Å². The van der Waals surface area contributed by atoms with Gasteiger partial charge in [-0.1, -0.05) is 0 Å². The zero-order chi connectivity index (χ0) is 15.1. The second-order valence-corrected chi connectivity index (χ2v) is 6.16. The summed E-state index contributed by atoms with van der Waals surface area (Å²) in [6.07, 6.45) is 6.93. The summed E-state index contributed by atoms with van der Waals surface area (Å²) in [5, 5.41) is 8.76. The van der Waals surface area contributed by atoms with Crippen LogP contribution >= 0.6 is 0 Å². The maximum Gasteiger partial charge on any atom is 0.151 e. The third-order valence-corrected chi connectivity index (χ3v) is 4.73. The number of aromatic nitrogens is 4. The molecule has 0 spiro atoms. The van der Waals surface area contributed by atoms with Crippen LogP contribution in [0.1, 0.15) is 23.4 Å². The Hall–Kier alpha value is -2.24. The SMILES string of the molecule is Cc1nccnc1N(C)C1CN(c2cc3c(nn2)CCC3)C1. The number of hydrogen-bond acceptors (Lipinski definition) is 6. The maximum atomic E-state index is 4.44. The molecule has 1 aliphatic carbocycles. The van der Waals surface area contributed by atoms with Gasteiger partial charge in [-0.05, 0) is 37.8 Å². The molecule has 114 valence electrons. The first-order chi connectivity index (χ1) is 10.7. The van der Waals surface area contributed by atoms with E-state index in [-0.39, 0.29) is 0 Å². The van der Waals surface area contributed by atoms with Crippen molar-refractivity contribution < 1.29 is 0 Å². The van der Waals surface area contributed by atoms with Gasteiger partial charge in [0.25, 0.3) is 0 Å². The number of likely N-dealkylation sites (N-methyl/N-ethyl adjacent to an activating group) is 1. The highest BCUT2D eigenvalue weighted by atomic mass is 15.4. The smallest absolute Gasteiger partial charge is 0.151 e. The summed E-state index contributed by atoms with van der Waals surface area (Å²) >= 11 is 0. The molecule has 6 nitrogen and oxygen atoms in total. The Balaban J connectivity index is 1.45. The number of nitrogens with zero attached hydrogens (tertiary/aromatic N) is 6. The minimum Gasteiger partial charge on any atom is -0.352 e. The predicted octanol–water partition coefficient (Wildman–Crippen LogP) is 1.39. The van der Waals surface area contributed by atoms with Crippen LogP contribution in [0.2, 0.25) is 0 Å². The van der Waals surface area contributed by atoms with Crippen LogP contribution < -0.4 is 9.80 Å². The Morgan fingerprint density at radius 1 is 1.14 bits per heavy atom. The Morgan fingerprint density at radius 3 is 2.77 bits per heavy atom. The lowest BCUT2D eigenvalue weighted by molar-refractivity contribution is 0.486. The molecule has 2 aromatic rings. The fraction of sp³-hybridized carbons (Fsp3) is 0.500. The van der Waals surface area contributed by atoms with Crippen molar-refractivity contribution in [1.29, 1.82) is 0 Å². The highest BCUT2D eigenvalue weighted by Gasteiger charge is 2.33. The van der Waals surface area contributed by atoms with Gasteiger partial charge in [0.15, 0.2) is 5.82 Å². The first-order valence-corrected chi connectivity index (χ1v) is 7.83. The quantitative estimate of drug-likeness (QED) is 0.853. The molecule has 1 aliphatic heterocycles. The summed E-state index contributed by atoms with van der Waals surface area (Å²) in [5.41, 5.74) is 3.54. The van der Waals surface area contributed by atoms with E-state index in [4.69, 9.17) is 0 Å². The van der Waals surface area contributed by atoms with E-state index >= 15 is 0 Å². The first-order valence-electron chi connectivity index (χ1n) is 7.83. The van der Waals surface area contributed by atoms with Crippen molar-refractivity contribution in [2.45, 2.75) is 32.2 Å². The zero-order valence-electron chi connectivity index (χ0n) is 13.0. The molecule has 2 aromatic heterocycles. The van der Waals surface area contributed by atoms with Gasteiger partial charge in [-0.15, -0.1) is 5.10 Å². The van der Waals surface area contributed by atoms with Crippen molar-refractivity contribution in [2.24, 2.45) is 0 Å². The fourth-order valence-electron chi connectivity index (χ4n) is 3.28. The van der Waals surface area contributed by atoms with Gasteiger partial charge < -0.3 is 9.80 Å². The third-order valence-electron chi connectivity index (χ3n) is 4.73. The van der Waals surface area contributed by atoms with E-state index in [9.17, 15) is 0 Å². The lowest BCUT2D eigenvalue weighted by Crippen LogP contribution is -2.59. The van der Waals surface area contributed by atoms with Crippen molar-refractivity contribution in [3.05, 3.63) is 35.4 Å². The van der Waals surface area contributed by atoms with Gasteiger partial charge in [0, 0.05) is 32.5 Å². The number of aryl methyl sites for hydroxylation is 3. The molecule has 0 bridgehead atoms. The normalized spacial score (nSPS) is 17.3. The standard InChI is InChI=1S/C16H20N6/c1-11-16(18-7-6-17-11)21(2)13-9-22(10-13)15-8-12-4-3-5-14(12)19-20-15/h6-8,13H,3-5,9-10H2,1-2H3. The largest absolute Gasteiger partial charge is 0.352 e. The van der Waals surface area contributed by atoms with Crippen LogP contribution in [-0.2, 0) is 12.8 Å². The van der Waals surface area contributed by atoms with E-state index in [0.717, 1.165) is 43.3 Å². The summed E-state index contributed by atoms with van der Waals surface area (Å²) in [4.78, 5) is 13.3. The van der Waals surface area contributed by atoms with Gasteiger partial charge >= 0.3 is 0 Å². The maximum absolute atomic E-state index is 4.44. The van der Waals surface area contributed by atoms with E-state index in [1.165, 1.54) is 17.7 Å². The Kier molecular flexibility index (Phi) is 3.17. The molecule has 0 atom stereocenters. The third kappa shape index (κ3) is 2.19. The van der Waals surface area contributed by atoms with Crippen molar-refractivity contribution in [2.75, 3.05) is 29.9 Å². The van der Waals surface area contributed by atoms with E-state index in [1.807, 2.05) is 6.92 Å². The van der Waals surface area contributed by atoms with Crippen LogP contribution in [-0.4, -0.2) is 46.3 Å². The van der Waals surface area contributed by atoms with Gasteiger partial charge in [0.05, 0.1) is 17.4 Å². The topological polar surface area (TPSA) is 58.0 Å². The van der Waals surface area contributed by atoms with Crippen molar-refractivity contribution in [3.8, 4) is 0 Å². The minimum absolute atomic E-state index is 0.449. The molecule has 0 aromatic carbocycles. The molecular formula is C16H20N6. The molecule has 4 rings (SSSR count). The van der Waals surface area contributed by atoms with Gasteiger partial charge in [0.2, 0.25) is 0 Å². The number of rotatable bonds is 3. The predicted molar refractivity (Wildman–Crippen MR) is 85.2 cm³/mol. The highest BCUT2D eigenvalue weighted by molar-refractivity contribution is 5.50. The minimum atomic E-state index is 0.449. The first kappa shape index (κ1) is 13.4. The molecule has 0 radical (unpaired) electrons. The number of anilines is 2. The molecule has 0 amide bonds. The number of fused-ring (bicyclic) bond motifs is 1. The second kappa shape index (κ2) is 5.19. The average Bonchev–Trinajstić information content (AvgIpc) is 2.93. The highest BCUT2D eigenvalue weighted by Crippen LogP contribution is 2.27. The van der Waals surface area contributed by atoms with E-state index in [2.05, 4.69) is 43.1 Å². The molecule has 0 unspecified atom stereocenters. The molecule has 22 heavy (non-hydrogen) atoms. The van der Waals surface area contributed by atoms with Gasteiger partial charge in [-0.3, -0.25) is 4.98 Å². The van der Waals surface area contributed by atoms with Crippen LogP contribution in [0.4, 0.5) is 11.6 Å². The molecule has 3 heterocycles. The monoisotopic (exact) mass is 296 g/mol. The van der Waals surface area contributed by atoms with Crippen LogP contribution in [0.15, 0.2) is 18.5 Å². The number of hydrogen-bond donors (Lipinski definition) is 0. The van der Waals surface area contributed by atoms with E-state index < -0.39 is 0 Å². The van der Waals surface area contributed by atoms with Crippen LogP contribution in [0.3, 0.4) is 0 Å². The molecule has 0 saturated carbocycles. The summed E-state index contributed by atoms with van der Waals surface area (Å²) in [6.45, 7) is 3.92. The van der Waals surface area contributed by atoms with Gasteiger partial charge in [-0.2, -0.15) is 5.10 Å². The Bertz CT molecular complexity index is 695. The van der Waals surface area contributed by atoms with Crippen LogP contribution in [0.5, 0.6) is 0 Å². The molecule has 6 heteroatoms. The zero-order valence-corrected chi connectivity index (χ0v) is 13.0. The van der Waals surface area contributed by atoms with E-state index in [0.29, 0.717) is 6.04 Å². The Morgan fingerprint density at radius 2 is 1.95 bits per heavy atom. The van der Waals surface area contributed by atoms with Crippen molar-refractivity contribution in [1.82, 2.24) is 20.2 Å². The summed E-state index contributed by atoms with van der Waals surface area (Å²) in [7, 11) is 2.09. The van der Waals surface area contributed by atoms with Crippen molar-refractivity contribution >= 4 is 11.6 Å². The Labute approximate surface area is 130 Å². The average molecular weight is 296 g/mol.